The molecule has 1 N–H and O–H groups in total. The molecule has 2 atom stereocenters. The lowest BCUT2D eigenvalue weighted by molar-refractivity contribution is -0.128. The molecular weight excluding hydrogens is 295 g/mol. The SMILES string of the molecule is C[C@@H]1CCC[C@H](C)N1NC(=O)Cc1c(Cl)cccc1Cl. The molecule has 0 saturated carbocycles. The molecule has 1 heterocycles. The Labute approximate surface area is 130 Å². The van der Waals surface area contributed by atoms with Crippen LogP contribution in [0.4, 0.5) is 0 Å². The minimum atomic E-state index is -0.0689. The summed E-state index contributed by atoms with van der Waals surface area (Å²) in [5, 5.41) is 3.12. The van der Waals surface area contributed by atoms with Gasteiger partial charge < -0.3 is 0 Å². The highest BCUT2D eigenvalue weighted by Gasteiger charge is 2.26. The zero-order chi connectivity index (χ0) is 14.7. The third-order valence-electron chi connectivity index (χ3n) is 3.85. The Kier molecular flexibility index (Phi) is 5.30. The summed E-state index contributed by atoms with van der Waals surface area (Å²) in [7, 11) is 0. The molecule has 1 aromatic rings. The van der Waals surface area contributed by atoms with Crippen LogP contribution >= 0.6 is 23.2 Å². The zero-order valence-electron chi connectivity index (χ0n) is 11.8. The number of hydrogen-bond acceptors (Lipinski definition) is 2. The molecule has 0 bridgehead atoms. The topological polar surface area (TPSA) is 32.3 Å². The number of carbonyl (C=O) groups excluding carboxylic acids is 1. The lowest BCUT2D eigenvalue weighted by Crippen LogP contribution is -2.54. The number of nitrogens with one attached hydrogen (secondary N) is 1. The summed E-state index contributed by atoms with van der Waals surface area (Å²) in [5.41, 5.74) is 3.68. The highest BCUT2D eigenvalue weighted by atomic mass is 35.5. The zero-order valence-corrected chi connectivity index (χ0v) is 13.3. The maximum Gasteiger partial charge on any atom is 0.238 e. The van der Waals surface area contributed by atoms with Crippen molar-refractivity contribution in [3.8, 4) is 0 Å². The summed E-state index contributed by atoms with van der Waals surface area (Å²) in [6.45, 7) is 4.27. The number of hydrogen-bond donors (Lipinski definition) is 1. The molecule has 2 rings (SSSR count). The summed E-state index contributed by atoms with van der Waals surface area (Å²) >= 11 is 12.2. The Bertz CT molecular complexity index is 463. The highest BCUT2D eigenvalue weighted by Crippen LogP contribution is 2.25. The molecule has 20 heavy (non-hydrogen) atoms. The van der Waals surface area contributed by atoms with E-state index in [1.807, 2.05) is 0 Å². The molecule has 0 unspecified atom stereocenters. The normalized spacial score (nSPS) is 23.6. The molecule has 1 aromatic carbocycles. The van der Waals surface area contributed by atoms with Gasteiger partial charge in [0.15, 0.2) is 0 Å². The molecule has 1 saturated heterocycles. The van der Waals surface area contributed by atoms with Crippen molar-refractivity contribution in [3.05, 3.63) is 33.8 Å². The third kappa shape index (κ3) is 3.66. The molecule has 3 nitrogen and oxygen atoms in total. The Morgan fingerprint density at radius 1 is 1.25 bits per heavy atom. The first-order valence-electron chi connectivity index (χ1n) is 6.99. The fourth-order valence-corrected chi connectivity index (χ4v) is 3.22. The van der Waals surface area contributed by atoms with Crippen LogP contribution < -0.4 is 5.43 Å². The van der Waals surface area contributed by atoms with E-state index in [-0.39, 0.29) is 12.3 Å². The molecule has 5 heteroatoms. The van der Waals surface area contributed by atoms with Gasteiger partial charge in [0.05, 0.1) is 6.42 Å². The molecule has 1 aliphatic rings. The molecule has 0 spiro atoms. The number of benzene rings is 1. The van der Waals surface area contributed by atoms with Crippen molar-refractivity contribution < 1.29 is 4.79 Å². The van der Waals surface area contributed by atoms with E-state index in [1.165, 1.54) is 6.42 Å². The average Bonchev–Trinajstić information content (AvgIpc) is 2.39. The predicted octanol–water partition coefficient (Wildman–Crippen LogP) is 3.83. The van der Waals surface area contributed by atoms with Crippen LogP contribution in [-0.2, 0) is 11.2 Å². The average molecular weight is 315 g/mol. The quantitative estimate of drug-likeness (QED) is 0.919. The van der Waals surface area contributed by atoms with Gasteiger partial charge in [-0.3, -0.25) is 10.2 Å². The van der Waals surface area contributed by atoms with Crippen LogP contribution in [0.3, 0.4) is 0 Å². The Morgan fingerprint density at radius 2 is 1.80 bits per heavy atom. The van der Waals surface area contributed by atoms with Crippen molar-refractivity contribution in [1.29, 1.82) is 0 Å². The van der Waals surface area contributed by atoms with E-state index >= 15 is 0 Å². The van der Waals surface area contributed by atoms with E-state index in [0.29, 0.717) is 27.7 Å². The predicted molar refractivity (Wildman–Crippen MR) is 82.9 cm³/mol. The lowest BCUT2D eigenvalue weighted by atomic mass is 10.00. The van der Waals surface area contributed by atoms with Crippen molar-refractivity contribution >= 4 is 29.1 Å². The van der Waals surface area contributed by atoms with E-state index in [1.54, 1.807) is 18.2 Å². The summed E-state index contributed by atoms with van der Waals surface area (Å²) in [5.74, 6) is -0.0689. The van der Waals surface area contributed by atoms with Gasteiger partial charge in [0.25, 0.3) is 0 Å². The summed E-state index contributed by atoms with van der Waals surface area (Å²) in [4.78, 5) is 12.2. The van der Waals surface area contributed by atoms with Crippen LogP contribution in [0.2, 0.25) is 10.0 Å². The van der Waals surface area contributed by atoms with Crippen LogP contribution in [0.1, 0.15) is 38.7 Å². The molecular formula is C15H20Cl2N2O. The van der Waals surface area contributed by atoms with Gasteiger partial charge in [-0.25, -0.2) is 5.01 Å². The first-order chi connectivity index (χ1) is 9.49. The summed E-state index contributed by atoms with van der Waals surface area (Å²) < 4.78 is 0. The number of amides is 1. The molecule has 0 aliphatic carbocycles. The van der Waals surface area contributed by atoms with Gasteiger partial charge in [-0.15, -0.1) is 0 Å². The first-order valence-corrected chi connectivity index (χ1v) is 7.75. The van der Waals surface area contributed by atoms with Crippen LogP contribution in [0.15, 0.2) is 18.2 Å². The van der Waals surface area contributed by atoms with Gasteiger partial charge in [0.2, 0.25) is 5.91 Å². The molecule has 110 valence electrons. The van der Waals surface area contributed by atoms with Gasteiger partial charge >= 0.3 is 0 Å². The van der Waals surface area contributed by atoms with Crippen molar-refractivity contribution in [3.63, 3.8) is 0 Å². The molecule has 0 radical (unpaired) electrons. The van der Waals surface area contributed by atoms with Gasteiger partial charge in [0, 0.05) is 22.1 Å². The van der Waals surface area contributed by atoms with E-state index in [9.17, 15) is 4.79 Å². The maximum absolute atomic E-state index is 12.2. The van der Waals surface area contributed by atoms with Gasteiger partial charge in [0.1, 0.15) is 0 Å². The monoisotopic (exact) mass is 314 g/mol. The fourth-order valence-electron chi connectivity index (χ4n) is 2.69. The fraction of sp³-hybridized carbons (Fsp3) is 0.533. The minimum absolute atomic E-state index is 0.0689. The van der Waals surface area contributed by atoms with E-state index in [2.05, 4.69) is 24.3 Å². The maximum atomic E-state index is 12.2. The van der Waals surface area contributed by atoms with E-state index in [4.69, 9.17) is 23.2 Å². The number of hydrazine groups is 1. The standard InChI is InChI=1S/C15H20Cl2N2O/c1-10-5-3-6-11(2)19(10)18-15(20)9-12-13(16)7-4-8-14(12)17/h4,7-8,10-11H,3,5-6,9H2,1-2H3,(H,18,20)/t10-,11+. The van der Waals surface area contributed by atoms with Gasteiger partial charge in [-0.1, -0.05) is 35.7 Å². The van der Waals surface area contributed by atoms with Crippen molar-refractivity contribution in [2.45, 2.75) is 51.6 Å². The van der Waals surface area contributed by atoms with Crippen LogP contribution in [0, 0.1) is 0 Å². The second-order valence-corrected chi connectivity index (χ2v) is 6.26. The lowest BCUT2D eigenvalue weighted by Gasteiger charge is -2.38. The molecule has 0 aromatic heterocycles. The van der Waals surface area contributed by atoms with Crippen molar-refractivity contribution in [2.24, 2.45) is 0 Å². The molecule has 1 amide bonds. The Morgan fingerprint density at radius 3 is 2.35 bits per heavy atom. The van der Waals surface area contributed by atoms with Crippen LogP contribution in [-0.4, -0.2) is 23.0 Å². The highest BCUT2D eigenvalue weighted by molar-refractivity contribution is 6.36. The van der Waals surface area contributed by atoms with Crippen LogP contribution in [0.25, 0.3) is 0 Å². The third-order valence-corrected chi connectivity index (χ3v) is 4.55. The number of carbonyl (C=O) groups is 1. The Balaban J connectivity index is 2.02. The second-order valence-electron chi connectivity index (χ2n) is 5.45. The van der Waals surface area contributed by atoms with E-state index < -0.39 is 0 Å². The largest absolute Gasteiger partial charge is 0.288 e. The second kappa shape index (κ2) is 6.79. The van der Waals surface area contributed by atoms with Crippen LogP contribution in [0.5, 0.6) is 0 Å². The van der Waals surface area contributed by atoms with Crippen molar-refractivity contribution in [2.75, 3.05) is 0 Å². The molecule has 1 fully saturated rings. The smallest absolute Gasteiger partial charge is 0.238 e. The van der Waals surface area contributed by atoms with Gasteiger partial charge in [-0.2, -0.15) is 0 Å². The number of piperidine rings is 1. The first kappa shape index (κ1) is 15.6. The summed E-state index contributed by atoms with van der Waals surface area (Å²) in [6, 6.07) is 6.01. The number of halogens is 2. The minimum Gasteiger partial charge on any atom is -0.288 e. The van der Waals surface area contributed by atoms with E-state index in [0.717, 1.165) is 12.8 Å². The number of rotatable bonds is 3. The van der Waals surface area contributed by atoms with Gasteiger partial charge in [-0.05, 0) is 44.4 Å². The molecule has 1 aliphatic heterocycles. The number of nitrogens with zero attached hydrogens (tertiary/aromatic N) is 1. The Hall–Kier alpha value is -0.770. The summed E-state index contributed by atoms with van der Waals surface area (Å²) in [6.07, 6.45) is 3.63. The van der Waals surface area contributed by atoms with Crippen molar-refractivity contribution in [1.82, 2.24) is 10.4 Å².